The van der Waals surface area contributed by atoms with Crippen molar-refractivity contribution in [1.29, 1.82) is 0 Å². The summed E-state index contributed by atoms with van der Waals surface area (Å²) < 4.78 is 0. The average Bonchev–Trinajstić information content (AvgIpc) is 3.03. The Labute approximate surface area is 104 Å². The van der Waals surface area contributed by atoms with Gasteiger partial charge in [0, 0.05) is 22.7 Å². The van der Waals surface area contributed by atoms with E-state index in [0.29, 0.717) is 5.82 Å². The van der Waals surface area contributed by atoms with Gasteiger partial charge in [-0.1, -0.05) is 18.2 Å². The summed E-state index contributed by atoms with van der Waals surface area (Å²) in [6.45, 7) is -0.124. The predicted octanol–water partition coefficient (Wildman–Crippen LogP) is 1.55. The Morgan fingerprint density at radius 3 is 3.00 bits per heavy atom. The van der Waals surface area contributed by atoms with Gasteiger partial charge in [0.1, 0.15) is 5.82 Å². The summed E-state index contributed by atoms with van der Waals surface area (Å²) in [5.41, 5.74) is 8.75. The number of H-pyrrole nitrogens is 2. The molecule has 3 aromatic rings. The van der Waals surface area contributed by atoms with Crippen LogP contribution in [0.3, 0.4) is 0 Å². The third-order valence-corrected chi connectivity index (χ3v) is 3.02. The van der Waals surface area contributed by atoms with Crippen molar-refractivity contribution in [2.45, 2.75) is 6.04 Å². The Morgan fingerprint density at radius 1 is 1.33 bits per heavy atom. The van der Waals surface area contributed by atoms with Crippen LogP contribution in [0.4, 0.5) is 0 Å². The lowest BCUT2D eigenvalue weighted by Crippen LogP contribution is -2.15. The van der Waals surface area contributed by atoms with Gasteiger partial charge in [-0.2, -0.15) is 0 Å². The molecule has 3 rings (SSSR count). The zero-order valence-electron chi connectivity index (χ0n) is 9.72. The molecule has 0 aliphatic rings. The Bertz CT molecular complexity index is 670. The van der Waals surface area contributed by atoms with Gasteiger partial charge in [-0.3, -0.25) is 0 Å². The van der Waals surface area contributed by atoms with Gasteiger partial charge >= 0.3 is 0 Å². The number of nitrogens with one attached hydrogen (secondary N) is 2. The number of para-hydroxylation sites is 1. The molecule has 0 fully saturated rings. The van der Waals surface area contributed by atoms with E-state index < -0.39 is 6.04 Å². The number of benzene rings is 1. The van der Waals surface area contributed by atoms with Gasteiger partial charge in [0.25, 0.3) is 0 Å². The van der Waals surface area contributed by atoms with Gasteiger partial charge in [-0.25, -0.2) is 4.98 Å². The summed E-state index contributed by atoms with van der Waals surface area (Å²) in [5, 5.41) is 10.1. The normalized spacial score (nSPS) is 13.0. The highest BCUT2D eigenvalue weighted by Gasteiger charge is 2.12. The van der Waals surface area contributed by atoms with Crippen LogP contribution in [0.1, 0.15) is 11.9 Å². The van der Waals surface area contributed by atoms with Gasteiger partial charge in [-0.05, 0) is 6.07 Å². The van der Waals surface area contributed by atoms with Crippen molar-refractivity contribution in [3.05, 3.63) is 42.5 Å². The Hall–Kier alpha value is -2.11. The molecule has 18 heavy (non-hydrogen) atoms. The van der Waals surface area contributed by atoms with E-state index >= 15 is 0 Å². The van der Waals surface area contributed by atoms with Gasteiger partial charge in [0.05, 0.1) is 24.5 Å². The van der Waals surface area contributed by atoms with Crippen molar-refractivity contribution in [3.8, 4) is 11.3 Å². The zero-order chi connectivity index (χ0) is 12.5. The van der Waals surface area contributed by atoms with E-state index in [9.17, 15) is 0 Å². The Balaban J connectivity index is 2.07. The van der Waals surface area contributed by atoms with Crippen molar-refractivity contribution < 1.29 is 5.11 Å². The number of aliphatic hydroxyl groups is 1. The monoisotopic (exact) mass is 242 g/mol. The summed E-state index contributed by atoms with van der Waals surface area (Å²) >= 11 is 0. The number of hydrogen-bond donors (Lipinski definition) is 4. The lowest BCUT2D eigenvalue weighted by atomic mass is 10.1. The first-order chi connectivity index (χ1) is 8.79. The van der Waals surface area contributed by atoms with Crippen LogP contribution in [0.15, 0.2) is 36.7 Å². The predicted molar refractivity (Wildman–Crippen MR) is 69.9 cm³/mol. The van der Waals surface area contributed by atoms with Crippen molar-refractivity contribution in [3.63, 3.8) is 0 Å². The first kappa shape index (κ1) is 11.0. The van der Waals surface area contributed by atoms with Crippen molar-refractivity contribution in [2.75, 3.05) is 6.61 Å². The van der Waals surface area contributed by atoms with Crippen LogP contribution in [-0.2, 0) is 0 Å². The maximum Gasteiger partial charge on any atom is 0.125 e. The average molecular weight is 242 g/mol. The summed E-state index contributed by atoms with van der Waals surface area (Å²) in [6, 6.07) is 7.59. The molecule has 0 aliphatic heterocycles. The molecule has 92 valence electrons. The van der Waals surface area contributed by atoms with Gasteiger partial charge < -0.3 is 20.8 Å². The minimum atomic E-state index is -0.469. The van der Waals surface area contributed by atoms with Crippen molar-refractivity contribution in [2.24, 2.45) is 5.73 Å². The van der Waals surface area contributed by atoms with E-state index in [1.807, 2.05) is 30.5 Å². The molecular weight excluding hydrogens is 228 g/mol. The zero-order valence-corrected chi connectivity index (χ0v) is 9.72. The summed E-state index contributed by atoms with van der Waals surface area (Å²) in [5.74, 6) is 0.595. The number of aromatic nitrogens is 3. The van der Waals surface area contributed by atoms with Gasteiger partial charge in [-0.15, -0.1) is 0 Å². The van der Waals surface area contributed by atoms with Crippen LogP contribution in [0.2, 0.25) is 0 Å². The van der Waals surface area contributed by atoms with E-state index in [2.05, 4.69) is 15.0 Å². The summed E-state index contributed by atoms with van der Waals surface area (Å²) in [6.07, 6.45) is 3.67. The summed E-state index contributed by atoms with van der Waals surface area (Å²) in [7, 11) is 0. The second-order valence-corrected chi connectivity index (χ2v) is 4.22. The standard InChI is InChI=1S/C13H14N4O/c14-10(7-18)13-16-6-12(17-13)9-5-15-11-4-2-1-3-8(9)11/h1-6,10,15,18H,7,14H2,(H,16,17). The Morgan fingerprint density at radius 2 is 2.17 bits per heavy atom. The van der Waals surface area contributed by atoms with Crippen molar-refractivity contribution >= 4 is 10.9 Å². The summed E-state index contributed by atoms with van der Waals surface area (Å²) in [4.78, 5) is 10.5. The molecular formula is C13H14N4O. The minimum Gasteiger partial charge on any atom is -0.394 e. The number of aromatic amines is 2. The number of imidazole rings is 1. The molecule has 0 saturated carbocycles. The number of nitrogens with zero attached hydrogens (tertiary/aromatic N) is 1. The molecule has 0 bridgehead atoms. The number of hydrogen-bond acceptors (Lipinski definition) is 3. The van der Waals surface area contributed by atoms with E-state index in [1.165, 1.54) is 0 Å². The lowest BCUT2D eigenvalue weighted by molar-refractivity contribution is 0.264. The third kappa shape index (κ3) is 1.70. The van der Waals surface area contributed by atoms with Crippen LogP contribution in [0, 0.1) is 0 Å². The van der Waals surface area contributed by atoms with Gasteiger partial charge in [0.15, 0.2) is 0 Å². The minimum absolute atomic E-state index is 0.124. The molecule has 5 nitrogen and oxygen atoms in total. The van der Waals surface area contributed by atoms with Crippen LogP contribution in [0.25, 0.3) is 22.2 Å². The maximum absolute atomic E-state index is 9.01. The first-order valence-corrected chi connectivity index (χ1v) is 5.77. The molecule has 5 heteroatoms. The lowest BCUT2D eigenvalue weighted by Gasteiger charge is -2.02. The van der Waals surface area contributed by atoms with E-state index in [-0.39, 0.29) is 6.61 Å². The van der Waals surface area contributed by atoms with E-state index in [4.69, 9.17) is 10.8 Å². The second-order valence-electron chi connectivity index (χ2n) is 4.22. The topological polar surface area (TPSA) is 90.7 Å². The molecule has 2 aromatic heterocycles. The largest absolute Gasteiger partial charge is 0.394 e. The van der Waals surface area contributed by atoms with Crippen LogP contribution < -0.4 is 5.73 Å². The van der Waals surface area contributed by atoms with E-state index in [0.717, 1.165) is 22.2 Å². The molecule has 0 aliphatic carbocycles. The molecule has 1 atom stereocenters. The SMILES string of the molecule is NC(CO)c1ncc(-c2c[nH]c3ccccc23)[nH]1. The molecule has 0 amide bonds. The number of aliphatic hydroxyl groups excluding tert-OH is 1. The molecule has 2 heterocycles. The molecule has 1 unspecified atom stereocenters. The molecule has 0 radical (unpaired) electrons. The fourth-order valence-electron chi connectivity index (χ4n) is 2.04. The second kappa shape index (κ2) is 4.29. The van der Waals surface area contributed by atoms with Crippen LogP contribution >= 0.6 is 0 Å². The fraction of sp³-hybridized carbons (Fsp3) is 0.154. The number of fused-ring (bicyclic) bond motifs is 1. The van der Waals surface area contributed by atoms with E-state index in [1.54, 1.807) is 6.20 Å². The quantitative estimate of drug-likeness (QED) is 0.561. The number of rotatable bonds is 3. The Kier molecular flexibility index (Phi) is 2.62. The first-order valence-electron chi connectivity index (χ1n) is 5.77. The highest BCUT2D eigenvalue weighted by molar-refractivity contribution is 5.94. The molecule has 5 N–H and O–H groups in total. The molecule has 0 spiro atoms. The van der Waals surface area contributed by atoms with Crippen LogP contribution in [0.5, 0.6) is 0 Å². The third-order valence-electron chi connectivity index (χ3n) is 3.02. The van der Waals surface area contributed by atoms with Crippen molar-refractivity contribution in [1.82, 2.24) is 15.0 Å². The maximum atomic E-state index is 9.01. The molecule has 0 saturated heterocycles. The fourth-order valence-corrected chi connectivity index (χ4v) is 2.04. The van der Waals surface area contributed by atoms with Gasteiger partial charge in [0.2, 0.25) is 0 Å². The highest BCUT2D eigenvalue weighted by Crippen LogP contribution is 2.27. The molecule has 1 aromatic carbocycles. The smallest absolute Gasteiger partial charge is 0.125 e. The van der Waals surface area contributed by atoms with Crippen LogP contribution in [-0.4, -0.2) is 26.7 Å². The highest BCUT2D eigenvalue weighted by atomic mass is 16.3. The number of nitrogens with two attached hydrogens (primary N) is 1.